The van der Waals surface area contributed by atoms with E-state index in [4.69, 9.17) is 6.42 Å². The monoisotopic (exact) mass is 914 g/mol. The maximum atomic E-state index is 15.6. The molecule has 0 fully saturated rings. The number of aliphatic imine (C=N–C) groups is 1. The Kier molecular flexibility index (Phi) is 15.7. The van der Waals surface area contributed by atoms with Crippen LogP contribution in [0.3, 0.4) is 0 Å². The molecule has 4 nitrogen and oxygen atoms in total. The number of aromatic amines is 2. The first-order chi connectivity index (χ1) is 30.4. The number of halogens is 15. The van der Waals surface area contributed by atoms with Crippen molar-refractivity contribution in [3.63, 3.8) is 0 Å². The van der Waals surface area contributed by atoms with E-state index in [0.29, 0.717) is 0 Å². The molecule has 64 heavy (non-hydrogen) atoms. The lowest BCUT2D eigenvalue weighted by Crippen LogP contribution is -2.22. The van der Waals surface area contributed by atoms with Gasteiger partial charge in [-0.1, -0.05) is 47.5 Å². The van der Waals surface area contributed by atoms with Crippen LogP contribution < -0.4 is 16.0 Å². The maximum Gasteiger partial charge on any atom is 0.200 e. The van der Waals surface area contributed by atoms with Gasteiger partial charge in [-0.25, -0.2) is 70.8 Å². The number of aromatic nitrogens is 2. The molecule has 2 aromatic heterocycles. The minimum absolute atomic E-state index is 0.0735. The highest BCUT2D eigenvalue weighted by Gasteiger charge is 2.34. The van der Waals surface area contributed by atoms with E-state index in [0.717, 1.165) is 36.4 Å². The van der Waals surface area contributed by atoms with Crippen LogP contribution in [0.25, 0.3) is 22.4 Å². The lowest BCUT2D eigenvalue weighted by molar-refractivity contribution is 0.376. The van der Waals surface area contributed by atoms with Crippen LogP contribution in [0.5, 0.6) is 0 Å². The van der Waals surface area contributed by atoms with Crippen LogP contribution in [0.2, 0.25) is 0 Å². The number of benzene rings is 3. The van der Waals surface area contributed by atoms with Crippen LogP contribution in [0.15, 0.2) is 47.1 Å². The molecule has 0 amide bonds. The van der Waals surface area contributed by atoms with Gasteiger partial charge in [-0.2, -0.15) is 0 Å². The molecule has 338 valence electrons. The van der Waals surface area contributed by atoms with E-state index >= 15 is 26.3 Å². The largest absolute Gasteiger partial charge is 0.379 e. The molecule has 4 heterocycles. The molecular formula is C45H33F15N4. The Morgan fingerprint density at radius 3 is 1.36 bits per heavy atom. The van der Waals surface area contributed by atoms with Crippen LogP contribution in [0, 0.1) is 107 Å². The topological polar surface area (TPSA) is 56.0 Å². The Morgan fingerprint density at radius 1 is 0.531 bits per heavy atom. The molecule has 0 unspecified atom stereocenters. The summed E-state index contributed by atoms with van der Waals surface area (Å²) in [5.41, 5.74) is -9.97. The molecule has 19 heteroatoms. The highest BCUT2D eigenvalue weighted by Crippen LogP contribution is 2.37. The fourth-order valence-corrected chi connectivity index (χ4v) is 6.45. The van der Waals surface area contributed by atoms with E-state index < -0.39 is 155 Å². The molecule has 7 rings (SSSR count). The first-order valence-electron chi connectivity index (χ1n) is 19.0. The van der Waals surface area contributed by atoms with Gasteiger partial charge in [-0.05, 0) is 42.8 Å². The summed E-state index contributed by atoms with van der Waals surface area (Å²) >= 11 is 0. The van der Waals surface area contributed by atoms with Crippen molar-refractivity contribution in [2.24, 2.45) is 4.99 Å². The third kappa shape index (κ3) is 8.36. The van der Waals surface area contributed by atoms with Crippen molar-refractivity contribution >= 4 is 28.1 Å². The number of hydrogen-bond donors (Lipinski definition) is 3. The zero-order valence-electron chi connectivity index (χ0n) is 34.4. The number of H-pyrrole nitrogens is 2. The SMILES string of the molecule is C#C/C=C1\NC/C(c2c(F)c(F)c(F)c(F)c2F)=C2/C=CC(=N2)/C(c2c(F)c(F)c(F)c(F)c2F)=c2/cc/c([nH]2)=C(\c2c(F)c(F)c(F)c(F)c2F)c2cc(C)c1[nH]2.CC.CC.CC. The lowest BCUT2D eigenvalue weighted by atomic mass is 9.98. The number of terminal acetylenes is 1. The van der Waals surface area contributed by atoms with Gasteiger partial charge in [0.25, 0.3) is 0 Å². The van der Waals surface area contributed by atoms with Gasteiger partial charge >= 0.3 is 0 Å². The highest BCUT2D eigenvalue weighted by molar-refractivity contribution is 6.30. The maximum absolute atomic E-state index is 15.6. The van der Waals surface area contributed by atoms with Crippen molar-refractivity contribution < 1.29 is 65.9 Å². The molecule has 0 saturated heterocycles. The van der Waals surface area contributed by atoms with Gasteiger partial charge in [0.05, 0.1) is 39.5 Å². The molecular weight excluding hydrogens is 881 g/mol. The molecule has 0 aliphatic carbocycles. The number of nitrogens with one attached hydrogen (secondary N) is 3. The van der Waals surface area contributed by atoms with Gasteiger partial charge in [0.15, 0.2) is 69.8 Å². The van der Waals surface area contributed by atoms with Crippen LogP contribution in [-0.2, 0) is 0 Å². The highest BCUT2D eigenvalue weighted by atomic mass is 19.2. The first kappa shape index (κ1) is 49.8. The van der Waals surface area contributed by atoms with Crippen molar-refractivity contribution in [1.29, 1.82) is 0 Å². The summed E-state index contributed by atoms with van der Waals surface area (Å²) in [5, 5.41) is 1.27. The van der Waals surface area contributed by atoms with E-state index in [9.17, 15) is 39.5 Å². The van der Waals surface area contributed by atoms with Crippen molar-refractivity contribution in [2.75, 3.05) is 6.54 Å². The predicted octanol–water partition coefficient (Wildman–Crippen LogP) is 11.3. The molecule has 2 aliphatic rings. The number of fused-ring (bicyclic) bond motifs is 5. The summed E-state index contributed by atoms with van der Waals surface area (Å²) in [6.45, 7) is 12.4. The zero-order valence-corrected chi connectivity index (χ0v) is 34.4. The van der Waals surface area contributed by atoms with Gasteiger partial charge in [0.1, 0.15) is 0 Å². The Balaban J connectivity index is 0.00000144. The number of aryl methyl sites for hydroxylation is 1. The van der Waals surface area contributed by atoms with E-state index in [-0.39, 0.29) is 17.0 Å². The molecule has 2 aliphatic heterocycles. The van der Waals surface area contributed by atoms with Crippen LogP contribution >= 0.6 is 0 Å². The number of rotatable bonds is 3. The van der Waals surface area contributed by atoms with Crippen LogP contribution in [0.1, 0.15) is 75.2 Å². The molecule has 0 saturated carbocycles. The minimum Gasteiger partial charge on any atom is -0.379 e. The lowest BCUT2D eigenvalue weighted by Gasteiger charge is -2.17. The van der Waals surface area contributed by atoms with Crippen molar-refractivity contribution in [3.05, 3.63) is 174 Å². The minimum atomic E-state index is -2.61. The van der Waals surface area contributed by atoms with Crippen molar-refractivity contribution in [1.82, 2.24) is 15.3 Å². The quantitative estimate of drug-likeness (QED) is 0.0718. The molecule has 0 radical (unpaired) electrons. The fraction of sp³-hybridized carbons (Fsp3) is 0.178. The van der Waals surface area contributed by atoms with Crippen LogP contribution in [-0.4, -0.2) is 22.2 Å². The van der Waals surface area contributed by atoms with Gasteiger partial charge < -0.3 is 15.3 Å². The second-order valence-corrected chi connectivity index (χ2v) is 12.4. The van der Waals surface area contributed by atoms with Crippen molar-refractivity contribution in [3.8, 4) is 12.3 Å². The average molecular weight is 915 g/mol. The smallest absolute Gasteiger partial charge is 0.200 e. The molecule has 6 bridgehead atoms. The average Bonchev–Trinajstić information content (AvgIpc) is 4.08. The summed E-state index contributed by atoms with van der Waals surface area (Å²) in [6, 6.07) is 2.78. The number of hydrogen-bond acceptors (Lipinski definition) is 2. The van der Waals surface area contributed by atoms with Crippen LogP contribution in [0.4, 0.5) is 65.9 Å². The van der Waals surface area contributed by atoms with Crippen molar-refractivity contribution in [2.45, 2.75) is 48.5 Å². The molecule has 0 atom stereocenters. The number of nitrogens with zero attached hydrogens (tertiary/aromatic N) is 1. The van der Waals surface area contributed by atoms with Gasteiger partial charge in [-0.15, -0.1) is 6.42 Å². The Hall–Kier alpha value is -6.84. The van der Waals surface area contributed by atoms with E-state index in [2.05, 4.69) is 26.2 Å². The molecule has 0 spiro atoms. The first-order valence-corrected chi connectivity index (χ1v) is 19.0. The fourth-order valence-electron chi connectivity index (χ4n) is 6.45. The van der Waals surface area contributed by atoms with E-state index in [1.54, 1.807) is 0 Å². The number of allylic oxidation sites excluding steroid dienone is 3. The summed E-state index contributed by atoms with van der Waals surface area (Å²) in [6.07, 6.45) is 8.04. The normalized spacial score (nSPS) is 16.6. The predicted molar refractivity (Wildman–Crippen MR) is 211 cm³/mol. The van der Waals surface area contributed by atoms with Gasteiger partial charge in [-0.3, -0.25) is 0 Å². The zero-order chi connectivity index (χ0) is 48.2. The second kappa shape index (κ2) is 20.1. The Morgan fingerprint density at radius 2 is 0.922 bits per heavy atom. The third-order valence-corrected chi connectivity index (χ3v) is 9.10. The third-order valence-electron chi connectivity index (χ3n) is 9.10. The molecule has 3 N–H and O–H groups in total. The summed E-state index contributed by atoms with van der Waals surface area (Å²) in [5.74, 6) is -34.6. The van der Waals surface area contributed by atoms with Gasteiger partial charge in [0, 0.05) is 45.7 Å². The van der Waals surface area contributed by atoms with Gasteiger partial charge in [0.2, 0.25) is 17.5 Å². The summed E-state index contributed by atoms with van der Waals surface area (Å²) in [7, 11) is 0. The molecule has 3 aromatic carbocycles. The standard InChI is InChI=1S/C39H15F15N4.3C2H6/c1-3-4-17-39-11(2)9-18(58-39)21(23-28(44)34(50)38(54)35(51)29(23)45)16-8-7-15(57-16)20(22-26(42)32(48)37(53)33(49)27(22)43)14-6-5-13(56-14)12(10-55-17)19-24(40)30(46)36(52)31(47)25(19)41;3*1-2/h1,4-9,55,57-58H,10H2,2H3;3*1-2H3/b13-12+,17-4-,20-15+,21-16+;;;. The van der Waals surface area contributed by atoms with E-state index in [1.807, 2.05) is 41.5 Å². The summed E-state index contributed by atoms with van der Waals surface area (Å²) < 4.78 is 224. The van der Waals surface area contributed by atoms with E-state index in [1.165, 1.54) is 6.92 Å². The Labute approximate surface area is 354 Å². The molecule has 5 aromatic rings. The summed E-state index contributed by atoms with van der Waals surface area (Å²) in [4.78, 5) is 9.11. The second-order valence-electron chi connectivity index (χ2n) is 12.4. The Bertz CT molecular complexity index is 2890.